The molecule has 0 spiro atoms. The van der Waals surface area contributed by atoms with Crippen molar-refractivity contribution in [2.45, 2.75) is 32.7 Å². The molecule has 1 aliphatic carbocycles. The van der Waals surface area contributed by atoms with Crippen molar-refractivity contribution >= 4 is 16.7 Å². The number of aryl methyl sites for hydroxylation is 2. The fourth-order valence-electron chi connectivity index (χ4n) is 3.76. The van der Waals surface area contributed by atoms with Gasteiger partial charge in [0.05, 0.1) is 6.20 Å². The van der Waals surface area contributed by atoms with Gasteiger partial charge in [-0.2, -0.15) is 5.10 Å². The third-order valence-corrected chi connectivity index (χ3v) is 5.65. The predicted octanol–water partition coefficient (Wildman–Crippen LogP) is 4.87. The second-order valence-corrected chi connectivity index (χ2v) is 7.91. The van der Waals surface area contributed by atoms with Gasteiger partial charge in [-0.05, 0) is 73.7 Å². The molecule has 1 aliphatic rings. The van der Waals surface area contributed by atoms with Crippen molar-refractivity contribution in [1.29, 1.82) is 0 Å². The molecule has 4 aromatic rings. The van der Waals surface area contributed by atoms with Crippen LogP contribution in [0.3, 0.4) is 0 Å². The molecule has 2 heterocycles. The van der Waals surface area contributed by atoms with Crippen LogP contribution in [0.15, 0.2) is 60.9 Å². The van der Waals surface area contributed by atoms with Gasteiger partial charge < -0.3 is 5.32 Å². The van der Waals surface area contributed by atoms with E-state index in [0.717, 1.165) is 57.3 Å². The van der Waals surface area contributed by atoms with Gasteiger partial charge in [0, 0.05) is 39.8 Å². The minimum atomic E-state index is -0.000236. The molecular weight excluding hydrogens is 372 g/mol. The number of nitrogens with zero attached hydrogens (tertiary/aromatic N) is 3. The molecule has 0 aliphatic heterocycles. The van der Waals surface area contributed by atoms with Crippen molar-refractivity contribution in [3.05, 3.63) is 77.7 Å². The lowest BCUT2D eigenvalue weighted by atomic mass is 9.95. The van der Waals surface area contributed by atoms with E-state index in [1.54, 1.807) is 12.4 Å². The fourth-order valence-corrected chi connectivity index (χ4v) is 3.76. The number of pyridine rings is 1. The number of benzene rings is 2. The second kappa shape index (κ2) is 7.34. The summed E-state index contributed by atoms with van der Waals surface area (Å²) in [7, 11) is 0. The van der Waals surface area contributed by atoms with E-state index in [9.17, 15) is 4.79 Å². The van der Waals surface area contributed by atoms with Crippen LogP contribution < -0.4 is 5.32 Å². The first-order valence-corrected chi connectivity index (χ1v) is 10.2. The Kier molecular flexibility index (Phi) is 4.51. The highest BCUT2D eigenvalue weighted by Crippen LogP contribution is 2.32. The van der Waals surface area contributed by atoms with E-state index in [2.05, 4.69) is 45.6 Å². The van der Waals surface area contributed by atoms with Crippen LogP contribution in [0.25, 0.3) is 33.2 Å². The number of carbonyl (C=O) groups excluding carboxylic acids is 1. The first-order chi connectivity index (χ1) is 14.6. The minimum absolute atomic E-state index is 0.000236. The molecule has 1 fully saturated rings. The van der Waals surface area contributed by atoms with E-state index >= 15 is 0 Å². The summed E-state index contributed by atoms with van der Waals surface area (Å²) in [5, 5.41) is 13.7. The average Bonchev–Trinajstić information content (AvgIpc) is 3.57. The Hall–Kier alpha value is -3.60. The Morgan fingerprint density at radius 2 is 1.90 bits per heavy atom. The van der Waals surface area contributed by atoms with Gasteiger partial charge in [0.2, 0.25) is 0 Å². The number of carbonyl (C=O) groups is 1. The molecule has 30 heavy (non-hydrogen) atoms. The largest absolute Gasteiger partial charge is 0.349 e. The first-order valence-electron chi connectivity index (χ1n) is 10.2. The monoisotopic (exact) mass is 394 g/mol. The van der Waals surface area contributed by atoms with E-state index in [1.165, 1.54) is 0 Å². The molecule has 1 saturated carbocycles. The van der Waals surface area contributed by atoms with Gasteiger partial charge in [0.1, 0.15) is 5.69 Å². The van der Waals surface area contributed by atoms with E-state index in [4.69, 9.17) is 0 Å². The van der Waals surface area contributed by atoms with Crippen LogP contribution in [0.4, 0.5) is 0 Å². The summed E-state index contributed by atoms with van der Waals surface area (Å²) in [6.07, 6.45) is 5.72. The molecular formula is C25H22N4O. The zero-order valence-electron chi connectivity index (χ0n) is 17.0. The smallest absolute Gasteiger partial charge is 0.251 e. The van der Waals surface area contributed by atoms with Crippen molar-refractivity contribution in [2.75, 3.05) is 0 Å². The van der Waals surface area contributed by atoms with Crippen LogP contribution in [0.2, 0.25) is 0 Å². The van der Waals surface area contributed by atoms with E-state index < -0.39 is 0 Å². The molecule has 2 aromatic carbocycles. The Morgan fingerprint density at radius 1 is 1.03 bits per heavy atom. The van der Waals surface area contributed by atoms with Crippen LogP contribution in [-0.2, 0) is 0 Å². The molecule has 0 atom stereocenters. The minimum Gasteiger partial charge on any atom is -0.349 e. The fraction of sp³-hybridized carbons (Fsp3) is 0.200. The first kappa shape index (κ1) is 18.4. The Morgan fingerprint density at radius 3 is 2.70 bits per heavy atom. The lowest BCUT2D eigenvalue weighted by Crippen LogP contribution is -2.25. The molecule has 5 heteroatoms. The molecule has 0 saturated heterocycles. The predicted molar refractivity (Wildman–Crippen MR) is 118 cm³/mol. The Labute approximate surface area is 175 Å². The Bertz CT molecular complexity index is 1280. The average molecular weight is 394 g/mol. The van der Waals surface area contributed by atoms with Crippen molar-refractivity contribution in [1.82, 2.24) is 20.5 Å². The van der Waals surface area contributed by atoms with Crippen LogP contribution in [0.1, 0.15) is 34.5 Å². The SMILES string of the molecule is Cc1ccc(C(=O)NC2CC2)cc1-c1ccc2c(-c3cccnc3C)nncc2c1. The highest BCUT2D eigenvalue weighted by Gasteiger charge is 2.24. The molecule has 2 aromatic heterocycles. The third kappa shape index (κ3) is 3.43. The summed E-state index contributed by atoms with van der Waals surface area (Å²) in [6, 6.07) is 16.4. The maximum Gasteiger partial charge on any atom is 0.251 e. The van der Waals surface area contributed by atoms with Crippen molar-refractivity contribution in [3.63, 3.8) is 0 Å². The lowest BCUT2D eigenvalue weighted by Gasteiger charge is -2.12. The summed E-state index contributed by atoms with van der Waals surface area (Å²) >= 11 is 0. The topological polar surface area (TPSA) is 67.8 Å². The number of nitrogens with one attached hydrogen (secondary N) is 1. The van der Waals surface area contributed by atoms with Gasteiger partial charge in [0.25, 0.3) is 5.91 Å². The zero-order chi connectivity index (χ0) is 20.7. The standard InChI is InChI=1S/C25H22N4O/c1-15-5-6-18(25(30)28-20-8-9-20)13-23(15)17-7-10-22-19(12-17)14-27-29-24(22)21-4-3-11-26-16(21)2/h3-7,10-14,20H,8-9H2,1-2H3,(H,28,30). The molecule has 1 amide bonds. The molecule has 1 N–H and O–H groups in total. The molecule has 0 radical (unpaired) electrons. The zero-order valence-corrected chi connectivity index (χ0v) is 17.0. The van der Waals surface area contributed by atoms with Crippen LogP contribution in [-0.4, -0.2) is 27.1 Å². The summed E-state index contributed by atoms with van der Waals surface area (Å²) in [6.45, 7) is 4.04. The normalized spacial score (nSPS) is 13.4. The lowest BCUT2D eigenvalue weighted by molar-refractivity contribution is 0.0951. The van der Waals surface area contributed by atoms with Gasteiger partial charge in [-0.1, -0.05) is 18.2 Å². The van der Waals surface area contributed by atoms with Gasteiger partial charge in [-0.25, -0.2) is 0 Å². The quantitative estimate of drug-likeness (QED) is 0.536. The van der Waals surface area contributed by atoms with E-state index in [0.29, 0.717) is 11.6 Å². The van der Waals surface area contributed by atoms with Crippen LogP contribution in [0.5, 0.6) is 0 Å². The van der Waals surface area contributed by atoms with Crippen molar-refractivity contribution in [2.24, 2.45) is 0 Å². The van der Waals surface area contributed by atoms with Gasteiger partial charge in [-0.3, -0.25) is 9.78 Å². The maximum atomic E-state index is 12.5. The Balaban J connectivity index is 1.58. The maximum absolute atomic E-state index is 12.5. The number of rotatable bonds is 4. The molecule has 0 unspecified atom stereocenters. The summed E-state index contributed by atoms with van der Waals surface area (Å²) in [5.74, 6) is -0.000236. The summed E-state index contributed by atoms with van der Waals surface area (Å²) < 4.78 is 0. The third-order valence-electron chi connectivity index (χ3n) is 5.65. The van der Waals surface area contributed by atoms with Crippen LogP contribution >= 0.6 is 0 Å². The van der Waals surface area contributed by atoms with Crippen molar-refractivity contribution in [3.8, 4) is 22.4 Å². The number of aromatic nitrogens is 3. The number of amides is 1. The van der Waals surface area contributed by atoms with Crippen molar-refractivity contribution < 1.29 is 4.79 Å². The molecule has 0 bridgehead atoms. The van der Waals surface area contributed by atoms with E-state index in [-0.39, 0.29) is 5.91 Å². The summed E-state index contributed by atoms with van der Waals surface area (Å²) in [4.78, 5) is 16.9. The second-order valence-electron chi connectivity index (χ2n) is 7.91. The molecule has 5 rings (SSSR count). The highest BCUT2D eigenvalue weighted by atomic mass is 16.1. The molecule has 148 valence electrons. The van der Waals surface area contributed by atoms with Crippen LogP contribution in [0, 0.1) is 13.8 Å². The summed E-state index contributed by atoms with van der Waals surface area (Å²) in [5.41, 5.74) is 6.68. The highest BCUT2D eigenvalue weighted by molar-refractivity contribution is 5.98. The number of fused-ring (bicyclic) bond motifs is 1. The number of hydrogen-bond acceptors (Lipinski definition) is 4. The van der Waals surface area contributed by atoms with Gasteiger partial charge >= 0.3 is 0 Å². The number of hydrogen-bond donors (Lipinski definition) is 1. The van der Waals surface area contributed by atoms with E-state index in [1.807, 2.05) is 37.3 Å². The van der Waals surface area contributed by atoms with Gasteiger partial charge in [-0.15, -0.1) is 5.10 Å². The molecule has 5 nitrogen and oxygen atoms in total. The van der Waals surface area contributed by atoms with Gasteiger partial charge in [0.15, 0.2) is 0 Å².